The molecule has 0 radical (unpaired) electrons. The van der Waals surface area contributed by atoms with Gasteiger partial charge in [0.05, 0.1) is 15.5 Å². The van der Waals surface area contributed by atoms with Gasteiger partial charge < -0.3 is 5.32 Å². The lowest BCUT2D eigenvalue weighted by molar-refractivity contribution is 0.0951. The molecule has 2 heterocycles. The van der Waals surface area contributed by atoms with E-state index in [9.17, 15) is 13.2 Å². The number of nitrogens with one attached hydrogen (secondary N) is 1. The first kappa shape index (κ1) is 23.6. The first-order valence-corrected chi connectivity index (χ1v) is 13.9. The number of sulfonamides is 1. The lowest BCUT2D eigenvalue weighted by atomic mass is 10.00. The van der Waals surface area contributed by atoms with Crippen LogP contribution in [0.2, 0.25) is 5.02 Å². The van der Waals surface area contributed by atoms with Gasteiger partial charge in [-0.3, -0.25) is 9.69 Å². The fourth-order valence-electron chi connectivity index (χ4n) is 4.12. The van der Waals surface area contributed by atoms with Crippen molar-refractivity contribution in [1.82, 2.24) is 14.5 Å². The Morgan fingerprint density at radius 3 is 2.59 bits per heavy atom. The fraction of sp³-hybridized carbons (Fsp3) is 0.435. The minimum atomic E-state index is -3.62. The molecule has 1 N–H and O–H groups in total. The molecule has 0 saturated carbocycles. The first-order chi connectivity index (χ1) is 15.4. The van der Waals surface area contributed by atoms with Crippen molar-refractivity contribution in [3.63, 3.8) is 0 Å². The minimum absolute atomic E-state index is 0.117. The van der Waals surface area contributed by atoms with E-state index >= 15 is 0 Å². The number of hydrogen-bond donors (Lipinski definition) is 1. The smallest absolute Gasteiger partial charge is 0.252 e. The average molecular weight is 494 g/mol. The molecule has 0 atom stereocenters. The molecule has 0 aromatic heterocycles. The second-order valence-corrected chi connectivity index (χ2v) is 11.6. The number of fused-ring (bicyclic) bond motifs is 1. The highest BCUT2D eigenvalue weighted by Crippen LogP contribution is 2.25. The summed E-state index contributed by atoms with van der Waals surface area (Å²) in [5, 5.41) is 3.15. The van der Waals surface area contributed by atoms with E-state index in [1.165, 1.54) is 33.6 Å². The number of amides is 1. The van der Waals surface area contributed by atoms with Crippen molar-refractivity contribution in [1.29, 1.82) is 0 Å². The summed E-state index contributed by atoms with van der Waals surface area (Å²) in [4.78, 5) is 15.2. The van der Waals surface area contributed by atoms with Crippen LogP contribution < -0.4 is 5.32 Å². The molecule has 0 spiro atoms. The Balaban J connectivity index is 1.32. The summed E-state index contributed by atoms with van der Waals surface area (Å²) in [6.07, 6.45) is 1.87. The van der Waals surface area contributed by atoms with Crippen LogP contribution in [0.25, 0.3) is 0 Å². The number of carbonyl (C=O) groups is 1. The maximum absolute atomic E-state index is 12.9. The Morgan fingerprint density at radius 2 is 1.81 bits per heavy atom. The Bertz CT molecular complexity index is 1070. The molecule has 2 aliphatic rings. The second kappa shape index (κ2) is 10.6. The number of halogens is 1. The SMILES string of the molecule is O=C(NCCCN1CCc2ccccc2C1)c1cc(S(=O)(=O)N2CCSCC2)ccc1Cl. The van der Waals surface area contributed by atoms with Crippen molar-refractivity contribution < 1.29 is 13.2 Å². The van der Waals surface area contributed by atoms with E-state index in [-0.39, 0.29) is 21.4 Å². The number of hydrogen-bond acceptors (Lipinski definition) is 5. The molecule has 0 unspecified atom stereocenters. The van der Waals surface area contributed by atoms with Gasteiger partial charge in [0.15, 0.2) is 0 Å². The van der Waals surface area contributed by atoms with Gasteiger partial charge >= 0.3 is 0 Å². The van der Waals surface area contributed by atoms with Crippen LogP contribution in [0.5, 0.6) is 0 Å². The molecule has 2 aliphatic heterocycles. The molecule has 6 nitrogen and oxygen atoms in total. The van der Waals surface area contributed by atoms with Crippen molar-refractivity contribution >= 4 is 39.3 Å². The maximum atomic E-state index is 12.9. The van der Waals surface area contributed by atoms with E-state index in [1.807, 2.05) is 0 Å². The van der Waals surface area contributed by atoms with Crippen LogP contribution in [0.3, 0.4) is 0 Å². The minimum Gasteiger partial charge on any atom is -0.352 e. The number of rotatable bonds is 7. The highest BCUT2D eigenvalue weighted by atomic mass is 35.5. The Morgan fingerprint density at radius 1 is 1.06 bits per heavy atom. The Labute approximate surface area is 199 Å². The second-order valence-electron chi connectivity index (χ2n) is 8.06. The van der Waals surface area contributed by atoms with Gasteiger partial charge in [-0.2, -0.15) is 16.1 Å². The Kier molecular flexibility index (Phi) is 7.78. The topological polar surface area (TPSA) is 69.7 Å². The third-order valence-corrected chi connectivity index (χ3v) is 9.10. The van der Waals surface area contributed by atoms with Gasteiger partial charge in [0, 0.05) is 50.8 Å². The van der Waals surface area contributed by atoms with Crippen molar-refractivity contribution in [2.24, 2.45) is 0 Å². The number of nitrogens with zero attached hydrogens (tertiary/aromatic N) is 2. The number of benzene rings is 2. The van der Waals surface area contributed by atoms with Crippen LogP contribution in [0.1, 0.15) is 27.9 Å². The molecule has 0 bridgehead atoms. The molecular formula is C23H28ClN3O3S2. The highest BCUT2D eigenvalue weighted by Gasteiger charge is 2.27. The third-order valence-electron chi connectivity index (χ3n) is 5.94. The standard InChI is InChI=1S/C23H28ClN3O3S2/c24-22-7-6-20(32(29,30)27-12-14-31-15-13-27)16-21(22)23(28)25-9-3-10-26-11-8-18-4-1-2-5-19(18)17-26/h1-2,4-7,16H,3,8-15,17H2,(H,25,28). The van der Waals surface area contributed by atoms with E-state index in [0.717, 1.165) is 44.0 Å². The zero-order valence-corrected chi connectivity index (χ0v) is 20.3. The molecule has 32 heavy (non-hydrogen) atoms. The van der Waals surface area contributed by atoms with Crippen molar-refractivity contribution in [2.45, 2.75) is 24.3 Å². The normalized spacial score (nSPS) is 17.7. The van der Waals surface area contributed by atoms with Crippen LogP contribution in [-0.2, 0) is 23.0 Å². The summed E-state index contributed by atoms with van der Waals surface area (Å²) in [6.45, 7) is 4.32. The third kappa shape index (κ3) is 5.48. The van der Waals surface area contributed by atoms with Crippen molar-refractivity contribution in [2.75, 3.05) is 44.2 Å². The molecule has 0 aliphatic carbocycles. The van der Waals surface area contributed by atoms with Crippen molar-refractivity contribution in [3.05, 3.63) is 64.2 Å². The molecule has 2 aromatic rings. The molecule has 2 aromatic carbocycles. The summed E-state index contributed by atoms with van der Waals surface area (Å²) < 4.78 is 27.3. The van der Waals surface area contributed by atoms with Crippen LogP contribution in [0.4, 0.5) is 0 Å². The molecule has 1 saturated heterocycles. The quantitative estimate of drug-likeness (QED) is 0.599. The zero-order chi connectivity index (χ0) is 22.6. The largest absolute Gasteiger partial charge is 0.352 e. The van der Waals surface area contributed by atoms with Gasteiger partial charge in [-0.25, -0.2) is 8.42 Å². The molecule has 1 amide bonds. The molecule has 1 fully saturated rings. The predicted octanol–water partition coefficient (Wildman–Crippen LogP) is 3.26. The van der Waals surface area contributed by atoms with Gasteiger partial charge in [-0.1, -0.05) is 35.9 Å². The van der Waals surface area contributed by atoms with E-state index in [2.05, 4.69) is 34.5 Å². The fourth-order valence-corrected chi connectivity index (χ4v) is 6.93. The van der Waals surface area contributed by atoms with Crippen LogP contribution in [0, 0.1) is 0 Å². The molecule has 9 heteroatoms. The van der Waals surface area contributed by atoms with E-state index in [1.54, 1.807) is 11.8 Å². The summed E-state index contributed by atoms with van der Waals surface area (Å²) in [7, 11) is -3.62. The summed E-state index contributed by atoms with van der Waals surface area (Å²) >= 11 is 7.97. The summed E-state index contributed by atoms with van der Waals surface area (Å²) in [6, 6.07) is 12.9. The first-order valence-electron chi connectivity index (χ1n) is 10.9. The maximum Gasteiger partial charge on any atom is 0.252 e. The van der Waals surface area contributed by atoms with E-state index in [4.69, 9.17) is 11.6 Å². The number of thioether (sulfide) groups is 1. The lowest BCUT2D eigenvalue weighted by Gasteiger charge is -2.28. The van der Waals surface area contributed by atoms with E-state index < -0.39 is 10.0 Å². The van der Waals surface area contributed by atoms with Crippen LogP contribution in [-0.4, -0.2) is 67.8 Å². The molecule has 172 valence electrons. The van der Waals surface area contributed by atoms with Gasteiger partial charge in [-0.15, -0.1) is 0 Å². The van der Waals surface area contributed by atoms with Crippen LogP contribution >= 0.6 is 23.4 Å². The molecule has 4 rings (SSSR count). The number of carbonyl (C=O) groups excluding carboxylic acids is 1. The van der Waals surface area contributed by atoms with Gasteiger partial charge in [0.2, 0.25) is 10.0 Å². The van der Waals surface area contributed by atoms with Gasteiger partial charge in [0.25, 0.3) is 5.91 Å². The van der Waals surface area contributed by atoms with Crippen molar-refractivity contribution in [3.8, 4) is 0 Å². The lowest BCUT2D eigenvalue weighted by Crippen LogP contribution is -2.38. The summed E-state index contributed by atoms with van der Waals surface area (Å²) in [5.74, 6) is 1.22. The molecular weight excluding hydrogens is 466 g/mol. The average Bonchev–Trinajstić information content (AvgIpc) is 2.82. The monoisotopic (exact) mass is 493 g/mol. The Hall–Kier alpha value is -1.58. The zero-order valence-electron chi connectivity index (χ0n) is 17.9. The predicted molar refractivity (Wildman–Crippen MR) is 130 cm³/mol. The van der Waals surface area contributed by atoms with Gasteiger partial charge in [0.1, 0.15) is 0 Å². The van der Waals surface area contributed by atoms with Crippen LogP contribution in [0.15, 0.2) is 47.4 Å². The highest BCUT2D eigenvalue weighted by molar-refractivity contribution is 7.99. The van der Waals surface area contributed by atoms with E-state index in [0.29, 0.717) is 19.6 Å². The van der Waals surface area contributed by atoms with Gasteiger partial charge in [-0.05, 0) is 42.2 Å². The summed E-state index contributed by atoms with van der Waals surface area (Å²) in [5.41, 5.74) is 3.00.